The van der Waals surface area contributed by atoms with E-state index in [1.54, 1.807) is 0 Å². The molecule has 2 atom stereocenters. The molecule has 1 aromatic rings. The van der Waals surface area contributed by atoms with Gasteiger partial charge in [-0.3, -0.25) is 4.79 Å². The van der Waals surface area contributed by atoms with E-state index in [4.69, 9.17) is 5.11 Å². The Morgan fingerprint density at radius 1 is 1.67 bits per heavy atom. The van der Waals surface area contributed by atoms with Crippen molar-refractivity contribution >= 4 is 5.97 Å². The van der Waals surface area contributed by atoms with Gasteiger partial charge in [-0.05, 0) is 31.0 Å². The van der Waals surface area contributed by atoms with E-state index in [2.05, 4.69) is 5.32 Å². The Hall–Kier alpha value is -1.29. The number of aromatic nitrogens is 1. The molecule has 2 N–H and O–H groups in total. The summed E-state index contributed by atoms with van der Waals surface area (Å²) >= 11 is 0. The lowest BCUT2D eigenvalue weighted by atomic mass is 9.87. The maximum atomic E-state index is 11.1. The fourth-order valence-corrected chi connectivity index (χ4v) is 2.21. The van der Waals surface area contributed by atoms with Crippen LogP contribution in [0.3, 0.4) is 0 Å². The first-order chi connectivity index (χ1) is 7.18. The highest BCUT2D eigenvalue weighted by atomic mass is 16.4. The van der Waals surface area contributed by atoms with Crippen molar-refractivity contribution in [1.82, 2.24) is 9.88 Å². The maximum absolute atomic E-state index is 11.1. The van der Waals surface area contributed by atoms with E-state index >= 15 is 0 Å². The minimum Gasteiger partial charge on any atom is -0.481 e. The van der Waals surface area contributed by atoms with Crippen molar-refractivity contribution in [2.45, 2.75) is 18.9 Å². The molecule has 15 heavy (non-hydrogen) atoms. The van der Waals surface area contributed by atoms with E-state index in [1.165, 1.54) is 0 Å². The van der Waals surface area contributed by atoms with Gasteiger partial charge in [-0.1, -0.05) is 0 Å². The van der Waals surface area contributed by atoms with Crippen molar-refractivity contribution in [2.24, 2.45) is 13.0 Å². The topological polar surface area (TPSA) is 54.3 Å². The number of aryl methyl sites for hydroxylation is 1. The number of nitrogens with zero attached hydrogens (tertiary/aromatic N) is 1. The van der Waals surface area contributed by atoms with Crippen molar-refractivity contribution in [1.29, 1.82) is 0 Å². The Labute approximate surface area is 88.9 Å². The quantitative estimate of drug-likeness (QED) is 0.766. The van der Waals surface area contributed by atoms with Crippen LogP contribution in [0.15, 0.2) is 18.5 Å². The van der Waals surface area contributed by atoms with Crippen LogP contribution in [0, 0.1) is 5.92 Å². The van der Waals surface area contributed by atoms with Crippen LogP contribution in [0.1, 0.15) is 24.4 Å². The zero-order valence-electron chi connectivity index (χ0n) is 8.81. The summed E-state index contributed by atoms with van der Waals surface area (Å²) in [4.78, 5) is 11.1. The van der Waals surface area contributed by atoms with Gasteiger partial charge in [0.2, 0.25) is 0 Å². The van der Waals surface area contributed by atoms with Gasteiger partial charge in [-0.25, -0.2) is 0 Å². The van der Waals surface area contributed by atoms with Crippen LogP contribution in [0.2, 0.25) is 0 Å². The van der Waals surface area contributed by atoms with Crippen molar-refractivity contribution in [3.05, 3.63) is 24.0 Å². The molecule has 0 radical (unpaired) electrons. The summed E-state index contributed by atoms with van der Waals surface area (Å²) in [6.07, 6.45) is 5.64. The van der Waals surface area contributed by atoms with Crippen molar-refractivity contribution in [3.8, 4) is 0 Å². The third-order valence-corrected chi connectivity index (χ3v) is 2.99. The van der Waals surface area contributed by atoms with Crippen LogP contribution in [-0.2, 0) is 11.8 Å². The monoisotopic (exact) mass is 208 g/mol. The van der Waals surface area contributed by atoms with Gasteiger partial charge < -0.3 is 15.0 Å². The van der Waals surface area contributed by atoms with Gasteiger partial charge in [-0.2, -0.15) is 0 Å². The highest BCUT2D eigenvalue weighted by molar-refractivity contribution is 5.71. The standard InChI is InChI=1S/C11H16N2O2/c1-13-6-4-8(7-13)10-9(11(14)15)3-2-5-12-10/h4,6-7,9-10,12H,2-3,5H2,1H3,(H,14,15)/t9-,10+/m0/s1. The Morgan fingerprint density at radius 3 is 3.07 bits per heavy atom. The molecule has 4 heteroatoms. The summed E-state index contributed by atoms with van der Waals surface area (Å²) in [5, 5.41) is 12.4. The van der Waals surface area contributed by atoms with Crippen molar-refractivity contribution in [3.63, 3.8) is 0 Å². The zero-order valence-corrected chi connectivity index (χ0v) is 8.81. The van der Waals surface area contributed by atoms with Gasteiger partial charge in [0.1, 0.15) is 0 Å². The fraction of sp³-hybridized carbons (Fsp3) is 0.545. The van der Waals surface area contributed by atoms with E-state index in [1.807, 2.05) is 30.1 Å². The lowest BCUT2D eigenvalue weighted by Gasteiger charge is -2.29. The first-order valence-corrected chi connectivity index (χ1v) is 5.26. The molecule has 0 spiro atoms. The van der Waals surface area contributed by atoms with E-state index in [0.717, 1.165) is 24.9 Å². The number of carboxylic acid groups (broad SMARTS) is 1. The zero-order chi connectivity index (χ0) is 10.8. The summed E-state index contributed by atoms with van der Waals surface area (Å²) in [5.74, 6) is -0.989. The SMILES string of the molecule is Cn1ccc([C@H]2NCCC[C@@H]2C(=O)O)c1. The Kier molecular flexibility index (Phi) is 2.77. The molecule has 2 heterocycles. The molecular formula is C11H16N2O2. The summed E-state index contributed by atoms with van der Waals surface area (Å²) in [6, 6.07) is 1.95. The highest BCUT2D eigenvalue weighted by Gasteiger charge is 2.31. The van der Waals surface area contributed by atoms with E-state index in [-0.39, 0.29) is 12.0 Å². The summed E-state index contributed by atoms with van der Waals surface area (Å²) < 4.78 is 1.95. The summed E-state index contributed by atoms with van der Waals surface area (Å²) in [5.41, 5.74) is 1.07. The number of hydrogen-bond acceptors (Lipinski definition) is 2. The minimum absolute atomic E-state index is 0.0301. The molecule has 0 bridgehead atoms. The van der Waals surface area contributed by atoms with Gasteiger partial charge in [0.25, 0.3) is 0 Å². The normalized spacial score (nSPS) is 26.5. The second kappa shape index (κ2) is 4.06. The molecule has 1 aromatic heterocycles. The summed E-state index contributed by atoms with van der Waals surface area (Å²) in [6.45, 7) is 0.906. The average Bonchev–Trinajstić information content (AvgIpc) is 2.65. The fourth-order valence-electron chi connectivity index (χ4n) is 2.21. The average molecular weight is 208 g/mol. The van der Waals surface area contributed by atoms with Gasteiger partial charge in [-0.15, -0.1) is 0 Å². The lowest BCUT2D eigenvalue weighted by Crippen LogP contribution is -2.37. The molecule has 1 saturated heterocycles. The molecule has 0 amide bonds. The van der Waals surface area contributed by atoms with Crippen LogP contribution < -0.4 is 5.32 Å². The first kappa shape index (κ1) is 10.2. The maximum Gasteiger partial charge on any atom is 0.308 e. The minimum atomic E-state index is -0.698. The largest absolute Gasteiger partial charge is 0.481 e. The number of piperidine rings is 1. The smallest absolute Gasteiger partial charge is 0.308 e. The lowest BCUT2D eigenvalue weighted by molar-refractivity contribution is -0.143. The molecule has 0 aromatic carbocycles. The molecule has 1 fully saturated rings. The molecule has 0 unspecified atom stereocenters. The number of nitrogens with one attached hydrogen (secondary N) is 1. The molecule has 4 nitrogen and oxygen atoms in total. The van der Waals surface area contributed by atoms with Gasteiger partial charge in [0.05, 0.1) is 5.92 Å². The van der Waals surface area contributed by atoms with Gasteiger partial charge in [0, 0.05) is 25.5 Å². The van der Waals surface area contributed by atoms with E-state index in [0.29, 0.717) is 0 Å². The first-order valence-electron chi connectivity index (χ1n) is 5.26. The van der Waals surface area contributed by atoms with Crippen LogP contribution in [0.5, 0.6) is 0 Å². The van der Waals surface area contributed by atoms with Crippen LogP contribution in [0.25, 0.3) is 0 Å². The third-order valence-electron chi connectivity index (χ3n) is 2.99. The van der Waals surface area contributed by atoms with Crippen LogP contribution in [-0.4, -0.2) is 22.2 Å². The second-order valence-corrected chi connectivity index (χ2v) is 4.13. The predicted octanol–water partition coefficient (Wildman–Crippen LogP) is 1.15. The second-order valence-electron chi connectivity index (χ2n) is 4.13. The van der Waals surface area contributed by atoms with Gasteiger partial charge >= 0.3 is 5.97 Å². The molecule has 1 aliphatic rings. The Bertz CT molecular complexity index is 359. The Balaban J connectivity index is 2.21. The van der Waals surface area contributed by atoms with Crippen LogP contribution >= 0.6 is 0 Å². The molecule has 1 aliphatic heterocycles. The van der Waals surface area contributed by atoms with E-state index in [9.17, 15) is 4.79 Å². The highest BCUT2D eigenvalue weighted by Crippen LogP contribution is 2.29. The predicted molar refractivity (Wildman–Crippen MR) is 56.5 cm³/mol. The molecular weight excluding hydrogens is 192 g/mol. The number of hydrogen-bond donors (Lipinski definition) is 2. The number of rotatable bonds is 2. The number of carbonyl (C=O) groups is 1. The summed E-state index contributed by atoms with van der Waals surface area (Å²) in [7, 11) is 1.95. The van der Waals surface area contributed by atoms with E-state index < -0.39 is 5.97 Å². The Morgan fingerprint density at radius 2 is 2.47 bits per heavy atom. The molecule has 2 rings (SSSR count). The molecule has 0 saturated carbocycles. The van der Waals surface area contributed by atoms with Crippen molar-refractivity contribution in [2.75, 3.05) is 6.54 Å². The number of aliphatic carboxylic acids is 1. The van der Waals surface area contributed by atoms with Crippen LogP contribution in [0.4, 0.5) is 0 Å². The third kappa shape index (κ3) is 2.04. The van der Waals surface area contributed by atoms with Crippen molar-refractivity contribution < 1.29 is 9.90 Å². The van der Waals surface area contributed by atoms with Gasteiger partial charge in [0.15, 0.2) is 0 Å². The number of carboxylic acids is 1. The molecule has 0 aliphatic carbocycles. The molecule has 82 valence electrons.